The summed E-state index contributed by atoms with van der Waals surface area (Å²) in [5, 5.41) is 5.94. The number of methoxy groups -OCH3 is 1. The molecule has 0 atom stereocenters. The molecule has 2 aromatic heterocycles. The third kappa shape index (κ3) is 6.73. The summed E-state index contributed by atoms with van der Waals surface area (Å²) in [7, 11) is 1.60. The maximum atomic E-state index is 13.2. The first kappa shape index (κ1) is 28.5. The summed E-state index contributed by atoms with van der Waals surface area (Å²) in [6.07, 6.45) is 7.44. The second kappa shape index (κ2) is 12.7. The van der Waals surface area contributed by atoms with E-state index in [9.17, 15) is 14.4 Å². The molecule has 2 aliphatic heterocycles. The number of carbonyl (C=O) groups excluding carboxylic acids is 3. The van der Waals surface area contributed by atoms with Crippen LogP contribution in [0.2, 0.25) is 0 Å². The average Bonchev–Trinajstić information content (AvgIpc) is 3.62. The van der Waals surface area contributed by atoms with E-state index in [1.807, 2.05) is 29.3 Å². The van der Waals surface area contributed by atoms with Crippen LogP contribution in [-0.4, -0.2) is 85.5 Å². The van der Waals surface area contributed by atoms with E-state index in [-0.39, 0.29) is 23.4 Å². The van der Waals surface area contributed by atoms with Crippen LogP contribution in [0.3, 0.4) is 0 Å². The van der Waals surface area contributed by atoms with Gasteiger partial charge in [0, 0.05) is 69.8 Å². The van der Waals surface area contributed by atoms with E-state index < -0.39 is 0 Å². The quantitative estimate of drug-likeness (QED) is 0.324. The first-order valence-corrected chi connectivity index (χ1v) is 15.0. The van der Waals surface area contributed by atoms with Crippen LogP contribution in [0.5, 0.6) is 5.88 Å². The molecular formula is C31H37N7O5. The first-order chi connectivity index (χ1) is 21.0. The molecule has 2 N–H and O–H groups in total. The number of hydrogen-bond acceptors (Lipinski definition) is 9. The third-order valence-electron chi connectivity index (χ3n) is 8.17. The highest BCUT2D eigenvalue weighted by molar-refractivity contribution is 6.06. The van der Waals surface area contributed by atoms with Crippen molar-refractivity contribution in [1.29, 1.82) is 0 Å². The van der Waals surface area contributed by atoms with Crippen LogP contribution in [-0.2, 0) is 4.79 Å². The second-order valence-corrected chi connectivity index (χ2v) is 11.2. The number of piperazine rings is 1. The molecular weight excluding hydrogens is 550 g/mol. The Morgan fingerprint density at radius 1 is 1.05 bits per heavy atom. The zero-order valence-corrected chi connectivity index (χ0v) is 24.4. The molecule has 0 spiro atoms. The average molecular weight is 588 g/mol. The van der Waals surface area contributed by atoms with Crippen molar-refractivity contribution in [3.05, 3.63) is 59.9 Å². The third-order valence-corrected chi connectivity index (χ3v) is 8.17. The van der Waals surface area contributed by atoms with Crippen molar-refractivity contribution < 1.29 is 23.5 Å². The van der Waals surface area contributed by atoms with E-state index >= 15 is 0 Å². The van der Waals surface area contributed by atoms with Crippen molar-refractivity contribution >= 4 is 34.8 Å². The van der Waals surface area contributed by atoms with Gasteiger partial charge >= 0.3 is 0 Å². The molecule has 0 bridgehead atoms. The largest absolute Gasteiger partial charge is 0.481 e. The molecule has 12 nitrogen and oxygen atoms in total. The molecule has 43 heavy (non-hydrogen) atoms. The number of nitrogens with one attached hydrogen (secondary N) is 2. The summed E-state index contributed by atoms with van der Waals surface area (Å²) in [6.45, 7) is 4.83. The first-order valence-electron chi connectivity index (χ1n) is 15.0. The maximum absolute atomic E-state index is 13.2. The maximum Gasteiger partial charge on any atom is 0.277 e. The normalized spacial score (nSPS) is 16.9. The van der Waals surface area contributed by atoms with Crippen molar-refractivity contribution in [2.75, 3.05) is 68.0 Å². The molecule has 6 rings (SSSR count). The minimum Gasteiger partial charge on any atom is -0.481 e. The van der Waals surface area contributed by atoms with Gasteiger partial charge in [0.25, 0.3) is 11.8 Å². The highest BCUT2D eigenvalue weighted by Crippen LogP contribution is 2.39. The van der Waals surface area contributed by atoms with Crippen LogP contribution in [0.1, 0.15) is 64.8 Å². The molecule has 0 unspecified atom stereocenters. The van der Waals surface area contributed by atoms with Gasteiger partial charge in [-0.25, -0.2) is 9.97 Å². The fourth-order valence-electron chi connectivity index (χ4n) is 5.55. The summed E-state index contributed by atoms with van der Waals surface area (Å²) < 4.78 is 10.7. The van der Waals surface area contributed by atoms with E-state index in [2.05, 4.69) is 30.4 Å². The topological polar surface area (TPSA) is 133 Å². The number of rotatable bonds is 11. The standard InChI is InChI=1S/C31H37N7O5/c1-42-27-10-8-23(19-33-27)36-14-16-37(17-15-36)26-9-7-22(29(40)32-11-3-13-38-12-2-4-28(38)39)18-24(26)34-30(41)25-20-43-31(35-25)21-5-6-21/h7-10,18-21H,2-6,11-17H2,1H3,(H,32,40)(H,34,41). The number of amides is 3. The zero-order valence-electron chi connectivity index (χ0n) is 24.4. The lowest BCUT2D eigenvalue weighted by Crippen LogP contribution is -2.46. The van der Waals surface area contributed by atoms with Crippen LogP contribution in [0.25, 0.3) is 0 Å². The highest BCUT2D eigenvalue weighted by atomic mass is 16.5. The predicted molar refractivity (Wildman–Crippen MR) is 161 cm³/mol. The number of oxazole rings is 1. The van der Waals surface area contributed by atoms with E-state index in [1.165, 1.54) is 6.26 Å². The Bertz CT molecular complexity index is 1460. The zero-order chi connectivity index (χ0) is 29.8. The molecule has 4 heterocycles. The van der Waals surface area contributed by atoms with E-state index in [0.717, 1.165) is 50.3 Å². The van der Waals surface area contributed by atoms with Gasteiger partial charge in [-0.05, 0) is 49.9 Å². The lowest BCUT2D eigenvalue weighted by molar-refractivity contribution is -0.127. The SMILES string of the molecule is COc1ccc(N2CCN(c3ccc(C(=O)NCCCN4CCCC4=O)cc3NC(=O)c3coc(C4CC4)n3)CC2)cn1. The molecule has 3 fully saturated rings. The molecule has 2 saturated heterocycles. The van der Waals surface area contributed by atoms with Crippen molar-refractivity contribution in [2.24, 2.45) is 0 Å². The Morgan fingerprint density at radius 3 is 2.56 bits per heavy atom. The minimum absolute atomic E-state index is 0.181. The summed E-state index contributed by atoms with van der Waals surface area (Å²) in [6, 6.07) is 9.23. The number of likely N-dealkylation sites (tertiary alicyclic amines) is 1. The monoisotopic (exact) mass is 587 g/mol. The van der Waals surface area contributed by atoms with Gasteiger partial charge in [-0.2, -0.15) is 0 Å². The van der Waals surface area contributed by atoms with Gasteiger partial charge in [0.2, 0.25) is 11.8 Å². The van der Waals surface area contributed by atoms with E-state index in [4.69, 9.17) is 9.15 Å². The summed E-state index contributed by atoms with van der Waals surface area (Å²) in [4.78, 5) is 53.2. The van der Waals surface area contributed by atoms with Gasteiger partial charge in [-0.3, -0.25) is 14.4 Å². The summed E-state index contributed by atoms with van der Waals surface area (Å²) in [5.74, 6) is 1.03. The Balaban J connectivity index is 1.14. The lowest BCUT2D eigenvalue weighted by Gasteiger charge is -2.38. The molecule has 1 aromatic carbocycles. The molecule has 3 amide bonds. The number of anilines is 3. The Labute approximate surface area is 250 Å². The van der Waals surface area contributed by atoms with Crippen molar-refractivity contribution in [2.45, 2.75) is 38.0 Å². The molecule has 3 aromatic rings. The Morgan fingerprint density at radius 2 is 1.86 bits per heavy atom. The molecule has 12 heteroatoms. The van der Waals surface area contributed by atoms with Crippen LogP contribution in [0.4, 0.5) is 17.1 Å². The summed E-state index contributed by atoms with van der Waals surface area (Å²) >= 11 is 0. The van der Waals surface area contributed by atoms with E-state index in [0.29, 0.717) is 68.0 Å². The van der Waals surface area contributed by atoms with Gasteiger partial charge < -0.3 is 34.5 Å². The minimum atomic E-state index is -0.382. The predicted octanol–water partition coefficient (Wildman–Crippen LogP) is 3.28. The molecule has 1 aliphatic carbocycles. The van der Waals surface area contributed by atoms with Gasteiger partial charge in [-0.1, -0.05) is 0 Å². The number of ether oxygens (including phenoxy) is 1. The van der Waals surface area contributed by atoms with Gasteiger partial charge in [-0.15, -0.1) is 0 Å². The Hall–Kier alpha value is -4.61. The van der Waals surface area contributed by atoms with Crippen LogP contribution >= 0.6 is 0 Å². The van der Waals surface area contributed by atoms with Gasteiger partial charge in [0.15, 0.2) is 11.6 Å². The van der Waals surface area contributed by atoms with Gasteiger partial charge in [0.1, 0.15) is 6.26 Å². The van der Waals surface area contributed by atoms with E-state index in [1.54, 1.807) is 19.2 Å². The number of carbonyl (C=O) groups is 3. The fourth-order valence-corrected chi connectivity index (χ4v) is 5.55. The summed E-state index contributed by atoms with van der Waals surface area (Å²) in [5.41, 5.74) is 3.05. The van der Waals surface area contributed by atoms with Crippen molar-refractivity contribution in [1.82, 2.24) is 20.2 Å². The molecule has 3 aliphatic rings. The van der Waals surface area contributed by atoms with Gasteiger partial charge in [0.05, 0.1) is 30.4 Å². The second-order valence-electron chi connectivity index (χ2n) is 11.2. The van der Waals surface area contributed by atoms with Crippen molar-refractivity contribution in [3.63, 3.8) is 0 Å². The van der Waals surface area contributed by atoms with Crippen LogP contribution < -0.4 is 25.2 Å². The number of aromatic nitrogens is 2. The molecule has 1 saturated carbocycles. The number of hydrogen-bond donors (Lipinski definition) is 2. The van der Waals surface area contributed by atoms with Crippen molar-refractivity contribution in [3.8, 4) is 5.88 Å². The Kier molecular flexibility index (Phi) is 8.43. The molecule has 0 radical (unpaired) electrons. The number of pyridine rings is 1. The number of benzene rings is 1. The number of nitrogens with zero attached hydrogens (tertiary/aromatic N) is 5. The highest BCUT2D eigenvalue weighted by Gasteiger charge is 2.30. The van der Waals surface area contributed by atoms with Crippen LogP contribution in [0, 0.1) is 0 Å². The lowest BCUT2D eigenvalue weighted by atomic mass is 10.1. The van der Waals surface area contributed by atoms with Crippen LogP contribution in [0.15, 0.2) is 47.2 Å². The smallest absolute Gasteiger partial charge is 0.277 e. The fraction of sp³-hybridized carbons (Fsp3) is 0.452. The molecule has 226 valence electrons.